The molecule has 0 radical (unpaired) electrons. The van der Waals surface area contributed by atoms with Crippen LogP contribution in [0.5, 0.6) is 0 Å². The molecule has 3 aliphatic rings. The lowest BCUT2D eigenvalue weighted by Gasteiger charge is -2.32. The molecule has 24 heavy (non-hydrogen) atoms. The number of hydrogen-bond acceptors (Lipinski definition) is 4. The summed E-state index contributed by atoms with van der Waals surface area (Å²) < 4.78 is 5.81. The van der Waals surface area contributed by atoms with E-state index in [1.54, 1.807) is 0 Å². The first-order valence-corrected chi connectivity index (χ1v) is 9.57. The molecular weight excluding hydrogens is 304 g/mol. The molecule has 1 aliphatic heterocycles. The monoisotopic (exact) mass is 332 g/mol. The fourth-order valence-corrected chi connectivity index (χ4v) is 4.43. The zero-order valence-electron chi connectivity index (χ0n) is 14.5. The molecule has 6 heteroatoms. The Kier molecular flexibility index (Phi) is 4.57. The Bertz CT molecular complexity index is 581. The van der Waals surface area contributed by atoms with E-state index in [0.717, 1.165) is 24.6 Å². The molecule has 0 aromatic carbocycles. The topological polar surface area (TPSA) is 71.1 Å². The number of carbonyl (C=O) groups excluding carboxylic acids is 1. The molecule has 1 saturated heterocycles. The molecule has 1 N–H and O–H groups in total. The number of aromatic nitrogens is 3. The summed E-state index contributed by atoms with van der Waals surface area (Å²) in [5, 5.41) is 7.19. The van der Waals surface area contributed by atoms with Crippen LogP contribution in [0.3, 0.4) is 0 Å². The van der Waals surface area contributed by atoms with Crippen molar-refractivity contribution in [1.82, 2.24) is 20.1 Å². The Morgan fingerprint density at radius 1 is 1.33 bits per heavy atom. The number of aromatic amines is 1. The summed E-state index contributed by atoms with van der Waals surface area (Å²) in [6, 6.07) is 0. The van der Waals surface area contributed by atoms with Gasteiger partial charge in [-0.3, -0.25) is 9.89 Å². The molecule has 1 aromatic rings. The summed E-state index contributed by atoms with van der Waals surface area (Å²) in [6.45, 7) is 3.91. The van der Waals surface area contributed by atoms with Crippen LogP contribution in [0, 0.1) is 17.8 Å². The minimum atomic E-state index is -0.189. The van der Waals surface area contributed by atoms with Crippen molar-refractivity contribution in [3.05, 3.63) is 11.6 Å². The van der Waals surface area contributed by atoms with Gasteiger partial charge in [0.25, 0.3) is 0 Å². The second-order valence-electron chi connectivity index (χ2n) is 7.54. The van der Waals surface area contributed by atoms with Crippen molar-refractivity contribution in [1.29, 1.82) is 0 Å². The standard InChI is InChI=1S/C18H28N4O2/c1-2-16-19-17(21-20-16)15-11-22(8-9-24-15)18(23)14-10-13(14)12-6-4-3-5-7-12/h12-15H,2-11H2,1H3,(H,19,20,21). The lowest BCUT2D eigenvalue weighted by molar-refractivity contribution is -0.141. The largest absolute Gasteiger partial charge is 0.366 e. The molecule has 132 valence electrons. The van der Waals surface area contributed by atoms with Crippen molar-refractivity contribution in [3.63, 3.8) is 0 Å². The molecule has 2 aliphatic carbocycles. The maximum absolute atomic E-state index is 12.9. The van der Waals surface area contributed by atoms with Gasteiger partial charge in [-0.15, -0.1) is 0 Å². The smallest absolute Gasteiger partial charge is 0.226 e. The summed E-state index contributed by atoms with van der Waals surface area (Å²) in [5.74, 6) is 3.61. The molecule has 1 amide bonds. The van der Waals surface area contributed by atoms with E-state index >= 15 is 0 Å². The highest BCUT2D eigenvalue weighted by molar-refractivity contribution is 5.81. The van der Waals surface area contributed by atoms with E-state index < -0.39 is 0 Å². The summed E-state index contributed by atoms with van der Waals surface area (Å²) in [7, 11) is 0. The zero-order chi connectivity index (χ0) is 16.5. The Labute approximate surface area is 143 Å². The normalized spacial score (nSPS) is 31.2. The van der Waals surface area contributed by atoms with Gasteiger partial charge in [-0.25, -0.2) is 4.98 Å². The van der Waals surface area contributed by atoms with E-state index in [4.69, 9.17) is 4.74 Å². The number of ether oxygens (including phenoxy) is 1. The van der Waals surface area contributed by atoms with Gasteiger partial charge in [0.2, 0.25) is 5.91 Å². The fourth-order valence-electron chi connectivity index (χ4n) is 4.43. The molecule has 2 heterocycles. The van der Waals surface area contributed by atoms with Gasteiger partial charge in [-0.2, -0.15) is 5.10 Å². The number of rotatable bonds is 4. The van der Waals surface area contributed by atoms with Crippen LogP contribution >= 0.6 is 0 Å². The van der Waals surface area contributed by atoms with Gasteiger partial charge in [0.15, 0.2) is 5.82 Å². The lowest BCUT2D eigenvalue weighted by atomic mass is 9.85. The third kappa shape index (κ3) is 3.21. The maximum atomic E-state index is 12.9. The lowest BCUT2D eigenvalue weighted by Crippen LogP contribution is -2.43. The molecule has 3 fully saturated rings. The fraction of sp³-hybridized carbons (Fsp3) is 0.833. The molecule has 6 nitrogen and oxygen atoms in total. The minimum absolute atomic E-state index is 0.189. The number of amides is 1. The first kappa shape index (κ1) is 16.1. The maximum Gasteiger partial charge on any atom is 0.226 e. The van der Waals surface area contributed by atoms with Crippen LogP contribution in [-0.2, 0) is 16.0 Å². The average Bonchev–Trinajstić information content (AvgIpc) is 3.30. The third-order valence-corrected chi connectivity index (χ3v) is 5.96. The van der Waals surface area contributed by atoms with Gasteiger partial charge in [0.05, 0.1) is 13.2 Å². The number of H-pyrrole nitrogens is 1. The van der Waals surface area contributed by atoms with Crippen LogP contribution in [0.2, 0.25) is 0 Å². The zero-order valence-corrected chi connectivity index (χ0v) is 14.5. The van der Waals surface area contributed by atoms with Crippen LogP contribution in [0.1, 0.15) is 63.2 Å². The highest BCUT2D eigenvalue weighted by Crippen LogP contribution is 2.50. The van der Waals surface area contributed by atoms with Crippen LogP contribution in [0.15, 0.2) is 0 Å². The van der Waals surface area contributed by atoms with Crippen molar-refractivity contribution in [2.45, 2.75) is 58.0 Å². The second kappa shape index (κ2) is 6.82. The predicted molar refractivity (Wildman–Crippen MR) is 89.2 cm³/mol. The van der Waals surface area contributed by atoms with E-state index in [9.17, 15) is 4.79 Å². The SMILES string of the molecule is CCc1nc(C2CN(C(=O)C3CC3C3CCCCC3)CCO2)n[nH]1. The second-order valence-corrected chi connectivity index (χ2v) is 7.54. The first-order chi connectivity index (χ1) is 11.8. The van der Waals surface area contributed by atoms with Gasteiger partial charge < -0.3 is 9.64 Å². The van der Waals surface area contributed by atoms with Crippen molar-refractivity contribution in [2.75, 3.05) is 19.7 Å². The van der Waals surface area contributed by atoms with Gasteiger partial charge >= 0.3 is 0 Å². The number of aryl methyl sites for hydroxylation is 1. The summed E-state index contributed by atoms with van der Waals surface area (Å²) in [6.07, 6.45) is 8.49. The van der Waals surface area contributed by atoms with E-state index in [2.05, 4.69) is 15.2 Å². The Morgan fingerprint density at radius 2 is 2.17 bits per heavy atom. The molecule has 0 bridgehead atoms. The van der Waals surface area contributed by atoms with Crippen LogP contribution in [0.4, 0.5) is 0 Å². The number of hydrogen-bond donors (Lipinski definition) is 1. The Balaban J connectivity index is 1.35. The van der Waals surface area contributed by atoms with E-state index in [1.807, 2.05) is 11.8 Å². The van der Waals surface area contributed by atoms with Crippen molar-refractivity contribution >= 4 is 5.91 Å². The molecule has 4 rings (SSSR count). The van der Waals surface area contributed by atoms with Crippen LogP contribution in [0.25, 0.3) is 0 Å². The molecular formula is C18H28N4O2. The molecule has 3 unspecified atom stereocenters. The number of nitrogens with one attached hydrogen (secondary N) is 1. The highest BCUT2D eigenvalue weighted by Gasteiger charge is 2.49. The summed E-state index contributed by atoms with van der Waals surface area (Å²) in [5.41, 5.74) is 0. The van der Waals surface area contributed by atoms with Crippen LogP contribution in [-0.4, -0.2) is 45.7 Å². The predicted octanol–water partition coefficient (Wildman–Crippen LogP) is 2.48. The minimum Gasteiger partial charge on any atom is -0.366 e. The Hall–Kier alpha value is -1.43. The molecule has 3 atom stereocenters. The van der Waals surface area contributed by atoms with Crippen molar-refractivity contribution < 1.29 is 9.53 Å². The van der Waals surface area contributed by atoms with E-state index in [-0.39, 0.29) is 12.0 Å². The number of carbonyl (C=O) groups is 1. The quantitative estimate of drug-likeness (QED) is 0.919. The van der Waals surface area contributed by atoms with Crippen molar-refractivity contribution in [3.8, 4) is 0 Å². The van der Waals surface area contributed by atoms with Gasteiger partial charge in [0, 0.05) is 18.9 Å². The van der Waals surface area contributed by atoms with Crippen molar-refractivity contribution in [2.24, 2.45) is 17.8 Å². The van der Waals surface area contributed by atoms with Gasteiger partial charge in [-0.1, -0.05) is 39.0 Å². The molecule has 2 saturated carbocycles. The first-order valence-electron chi connectivity index (χ1n) is 9.57. The van der Waals surface area contributed by atoms with Crippen LogP contribution < -0.4 is 0 Å². The van der Waals surface area contributed by atoms with E-state index in [1.165, 1.54) is 32.1 Å². The average molecular weight is 332 g/mol. The van der Waals surface area contributed by atoms with Gasteiger partial charge in [0.1, 0.15) is 11.9 Å². The number of morpholine rings is 1. The number of nitrogens with zero attached hydrogens (tertiary/aromatic N) is 3. The van der Waals surface area contributed by atoms with E-state index in [0.29, 0.717) is 37.3 Å². The summed E-state index contributed by atoms with van der Waals surface area (Å²) in [4.78, 5) is 19.3. The molecule has 0 spiro atoms. The Morgan fingerprint density at radius 3 is 2.92 bits per heavy atom. The summed E-state index contributed by atoms with van der Waals surface area (Å²) >= 11 is 0. The highest BCUT2D eigenvalue weighted by atomic mass is 16.5. The van der Waals surface area contributed by atoms with Gasteiger partial charge in [-0.05, 0) is 18.3 Å². The molecule has 1 aromatic heterocycles. The third-order valence-electron chi connectivity index (χ3n) is 5.96.